The summed E-state index contributed by atoms with van der Waals surface area (Å²) < 4.78 is 2.30. The minimum Gasteiger partial charge on any atom is -0.369 e. The molecule has 2 amide bonds. The van der Waals surface area contributed by atoms with E-state index in [2.05, 4.69) is 47.1 Å². The van der Waals surface area contributed by atoms with Crippen LogP contribution >= 0.6 is 11.8 Å². The van der Waals surface area contributed by atoms with Crippen LogP contribution in [-0.4, -0.2) is 22.1 Å². The molecule has 4 aromatic rings. The van der Waals surface area contributed by atoms with Gasteiger partial charge >= 0.3 is 0 Å². The second kappa shape index (κ2) is 9.10. The molecule has 0 spiro atoms. The molecule has 0 unspecified atom stereocenters. The summed E-state index contributed by atoms with van der Waals surface area (Å²) >= 11 is 1.30. The van der Waals surface area contributed by atoms with Crippen LogP contribution in [0.15, 0.2) is 77.7 Å². The highest BCUT2D eigenvalue weighted by molar-refractivity contribution is 8.00. The molecular formula is C25H23N3O2S. The number of aryl methyl sites for hydroxylation is 1. The number of benzene rings is 3. The average Bonchev–Trinajstić information content (AvgIpc) is 3.10. The number of anilines is 1. The van der Waals surface area contributed by atoms with Crippen molar-refractivity contribution in [3.63, 3.8) is 0 Å². The summed E-state index contributed by atoms with van der Waals surface area (Å²) in [6.45, 7) is 3.04. The van der Waals surface area contributed by atoms with E-state index in [-0.39, 0.29) is 11.7 Å². The lowest BCUT2D eigenvalue weighted by Gasteiger charge is -2.08. The number of nitrogens with two attached hydrogens (primary N) is 1. The maximum atomic E-state index is 12.5. The van der Waals surface area contributed by atoms with Crippen LogP contribution in [0.5, 0.6) is 0 Å². The number of primary amides is 1. The Morgan fingerprint density at radius 2 is 1.74 bits per heavy atom. The van der Waals surface area contributed by atoms with E-state index in [9.17, 15) is 9.59 Å². The lowest BCUT2D eigenvalue weighted by molar-refractivity contribution is -0.115. The number of thioether (sulfide) groups is 1. The third-order valence-electron chi connectivity index (χ3n) is 5.05. The van der Waals surface area contributed by atoms with Crippen molar-refractivity contribution in [1.82, 2.24) is 4.57 Å². The summed E-state index contributed by atoms with van der Waals surface area (Å²) in [5.74, 6) is -0.470. The second-order valence-corrected chi connectivity index (χ2v) is 8.13. The first-order chi connectivity index (χ1) is 15.1. The number of rotatable bonds is 7. The van der Waals surface area contributed by atoms with Crippen LogP contribution in [0.4, 0.5) is 5.69 Å². The molecular weight excluding hydrogens is 406 g/mol. The number of hydrogen-bond acceptors (Lipinski definition) is 3. The van der Waals surface area contributed by atoms with Crippen LogP contribution in [0.2, 0.25) is 0 Å². The zero-order chi connectivity index (χ0) is 21.8. The summed E-state index contributed by atoms with van der Waals surface area (Å²) in [4.78, 5) is 24.4. The van der Waals surface area contributed by atoms with E-state index in [4.69, 9.17) is 5.73 Å². The molecule has 0 saturated heterocycles. The number of nitrogens with one attached hydrogen (secondary N) is 1. The molecule has 0 radical (unpaired) electrons. The van der Waals surface area contributed by atoms with Gasteiger partial charge in [0.2, 0.25) is 11.8 Å². The molecule has 156 valence electrons. The monoisotopic (exact) mass is 429 g/mol. The quantitative estimate of drug-likeness (QED) is 0.319. The Hall–Kier alpha value is -3.51. The van der Waals surface area contributed by atoms with Gasteiger partial charge in [-0.2, -0.15) is 0 Å². The number of para-hydroxylation sites is 2. The molecule has 0 saturated carbocycles. The summed E-state index contributed by atoms with van der Waals surface area (Å²) in [6, 6.07) is 22.0. The van der Waals surface area contributed by atoms with Crippen LogP contribution in [0.3, 0.4) is 0 Å². The maximum Gasteiger partial charge on any atom is 0.248 e. The fraction of sp³-hybridized carbons (Fsp3) is 0.120. The first-order valence-electron chi connectivity index (χ1n) is 10.1. The predicted molar refractivity (Wildman–Crippen MR) is 129 cm³/mol. The van der Waals surface area contributed by atoms with Crippen molar-refractivity contribution in [3.05, 3.63) is 78.4 Å². The van der Waals surface area contributed by atoms with Gasteiger partial charge < -0.3 is 15.6 Å². The standard InChI is InChI=1S/C25H23N3O2S/c1-2-28-21-9-5-3-7-18(21)19-15-17(11-13-22(19)28)12-14-25(30)27-20-8-4-6-10-23(20)31-16-24(26)29/h3-15H,2,16H2,1H3,(H2,26,29)(H,27,30). The fourth-order valence-corrected chi connectivity index (χ4v) is 4.45. The lowest BCUT2D eigenvalue weighted by atomic mass is 10.1. The van der Waals surface area contributed by atoms with Gasteiger partial charge in [0.15, 0.2) is 0 Å². The van der Waals surface area contributed by atoms with Crippen LogP contribution in [0.25, 0.3) is 27.9 Å². The molecule has 4 rings (SSSR count). The molecule has 6 heteroatoms. The van der Waals surface area contributed by atoms with E-state index < -0.39 is 5.91 Å². The predicted octanol–water partition coefficient (Wildman–Crippen LogP) is 5.04. The van der Waals surface area contributed by atoms with Crippen LogP contribution < -0.4 is 11.1 Å². The van der Waals surface area contributed by atoms with Crippen LogP contribution in [-0.2, 0) is 16.1 Å². The van der Waals surface area contributed by atoms with Gasteiger partial charge in [0, 0.05) is 39.3 Å². The van der Waals surface area contributed by atoms with E-state index in [1.54, 1.807) is 6.07 Å². The Kier molecular flexibility index (Phi) is 6.09. The van der Waals surface area contributed by atoms with E-state index in [1.165, 1.54) is 39.6 Å². The molecule has 0 aliphatic heterocycles. The third-order valence-corrected chi connectivity index (χ3v) is 6.15. The van der Waals surface area contributed by atoms with Crippen molar-refractivity contribution < 1.29 is 9.59 Å². The molecule has 0 atom stereocenters. The SMILES string of the molecule is CCn1c2ccccc2c2cc(C=CC(=O)Nc3ccccc3SCC(N)=O)ccc21. The maximum absolute atomic E-state index is 12.5. The Bertz CT molecular complexity index is 1310. The zero-order valence-corrected chi connectivity index (χ0v) is 18.0. The van der Waals surface area contributed by atoms with Gasteiger partial charge in [0.1, 0.15) is 0 Å². The van der Waals surface area contributed by atoms with Gasteiger partial charge in [-0.25, -0.2) is 0 Å². The molecule has 1 heterocycles. The van der Waals surface area contributed by atoms with Crippen LogP contribution in [0.1, 0.15) is 12.5 Å². The van der Waals surface area contributed by atoms with Gasteiger partial charge in [0.05, 0.1) is 11.4 Å². The van der Waals surface area contributed by atoms with Gasteiger partial charge in [0.25, 0.3) is 0 Å². The molecule has 5 nitrogen and oxygen atoms in total. The van der Waals surface area contributed by atoms with Gasteiger partial charge in [-0.15, -0.1) is 11.8 Å². The van der Waals surface area contributed by atoms with E-state index >= 15 is 0 Å². The molecule has 0 aliphatic carbocycles. The number of nitrogens with zero attached hydrogens (tertiary/aromatic N) is 1. The molecule has 0 bridgehead atoms. The van der Waals surface area contributed by atoms with Crippen molar-refractivity contribution in [2.45, 2.75) is 18.4 Å². The van der Waals surface area contributed by atoms with Crippen molar-refractivity contribution in [2.75, 3.05) is 11.1 Å². The van der Waals surface area contributed by atoms with E-state index in [1.807, 2.05) is 36.4 Å². The Morgan fingerprint density at radius 1 is 1.00 bits per heavy atom. The molecule has 0 fully saturated rings. The fourth-order valence-electron chi connectivity index (χ4n) is 3.71. The zero-order valence-electron chi connectivity index (χ0n) is 17.2. The minimum absolute atomic E-state index is 0.161. The summed E-state index contributed by atoms with van der Waals surface area (Å²) in [5, 5.41) is 5.26. The van der Waals surface area contributed by atoms with Crippen molar-refractivity contribution in [2.24, 2.45) is 5.73 Å². The minimum atomic E-state index is -0.397. The van der Waals surface area contributed by atoms with Gasteiger partial charge in [-0.3, -0.25) is 9.59 Å². The Morgan fingerprint density at radius 3 is 2.55 bits per heavy atom. The molecule has 1 aromatic heterocycles. The highest BCUT2D eigenvalue weighted by atomic mass is 32.2. The number of carbonyl (C=O) groups is 2. The number of aromatic nitrogens is 1. The largest absolute Gasteiger partial charge is 0.369 e. The smallest absolute Gasteiger partial charge is 0.248 e. The second-order valence-electron chi connectivity index (χ2n) is 7.11. The summed E-state index contributed by atoms with van der Waals surface area (Å²) in [7, 11) is 0. The third kappa shape index (κ3) is 4.49. The van der Waals surface area contributed by atoms with E-state index in [0.717, 1.165) is 17.0 Å². The molecule has 3 aromatic carbocycles. The lowest BCUT2D eigenvalue weighted by Crippen LogP contribution is -2.13. The van der Waals surface area contributed by atoms with Crippen molar-refractivity contribution >= 4 is 57.1 Å². The van der Waals surface area contributed by atoms with Crippen molar-refractivity contribution in [1.29, 1.82) is 0 Å². The average molecular weight is 430 g/mol. The van der Waals surface area contributed by atoms with Crippen molar-refractivity contribution in [3.8, 4) is 0 Å². The van der Waals surface area contributed by atoms with Crippen LogP contribution in [0, 0.1) is 0 Å². The highest BCUT2D eigenvalue weighted by Gasteiger charge is 2.10. The number of hydrogen-bond donors (Lipinski definition) is 2. The first kappa shape index (κ1) is 20.8. The number of amides is 2. The van der Waals surface area contributed by atoms with Gasteiger partial charge in [-0.05, 0) is 48.9 Å². The molecule has 31 heavy (non-hydrogen) atoms. The Labute approximate surface area is 184 Å². The normalized spacial score (nSPS) is 11.4. The molecule has 3 N–H and O–H groups in total. The first-order valence-corrected chi connectivity index (χ1v) is 11.1. The van der Waals surface area contributed by atoms with E-state index in [0.29, 0.717) is 5.69 Å². The molecule has 0 aliphatic rings. The van der Waals surface area contributed by atoms with Gasteiger partial charge in [-0.1, -0.05) is 36.4 Å². The number of fused-ring (bicyclic) bond motifs is 3. The summed E-state index contributed by atoms with van der Waals surface area (Å²) in [6.07, 6.45) is 3.34. The highest BCUT2D eigenvalue weighted by Crippen LogP contribution is 2.30. The number of carbonyl (C=O) groups excluding carboxylic acids is 2. The topological polar surface area (TPSA) is 77.1 Å². The Balaban J connectivity index is 1.56. The summed E-state index contributed by atoms with van der Waals surface area (Å²) in [5.41, 5.74) is 9.24.